The third-order valence-electron chi connectivity index (χ3n) is 4.62. The number of aromatic nitrogens is 9. The van der Waals surface area contributed by atoms with Crippen LogP contribution in [0.3, 0.4) is 0 Å². The Morgan fingerprint density at radius 3 is 2.81 bits per heavy atom. The smallest absolute Gasteiger partial charge is 0.267 e. The maximum atomic E-state index is 14.5. The second kappa shape index (κ2) is 7.05. The van der Waals surface area contributed by atoms with E-state index >= 15 is 0 Å². The third-order valence-corrected chi connectivity index (χ3v) is 4.62. The van der Waals surface area contributed by atoms with E-state index in [0.29, 0.717) is 17.0 Å². The first-order valence-electron chi connectivity index (χ1n) is 9.10. The summed E-state index contributed by atoms with van der Waals surface area (Å²) in [5.74, 6) is 0.329. The number of nitrogens with zero attached hydrogens (tertiary/aromatic N) is 8. The van der Waals surface area contributed by atoms with Crippen LogP contribution < -0.4 is 16.6 Å². The number of aromatic amines is 1. The molecule has 0 fully saturated rings. The van der Waals surface area contributed by atoms with Gasteiger partial charge < -0.3 is 11.1 Å². The average Bonchev–Trinajstić information content (AvgIpc) is 3.25. The van der Waals surface area contributed by atoms with Gasteiger partial charge in [0.05, 0.1) is 23.8 Å². The highest BCUT2D eigenvalue weighted by atomic mass is 19.1. The summed E-state index contributed by atoms with van der Waals surface area (Å²) in [6.07, 6.45) is 4.00. The van der Waals surface area contributed by atoms with Crippen LogP contribution in [0.5, 0.6) is 0 Å². The molecule has 31 heavy (non-hydrogen) atoms. The molecule has 1 aromatic carbocycles. The number of nitrogens with one attached hydrogen (secondary N) is 2. The summed E-state index contributed by atoms with van der Waals surface area (Å²) in [6, 6.07) is 3.57. The van der Waals surface area contributed by atoms with Gasteiger partial charge in [-0.15, -0.1) is 5.10 Å². The van der Waals surface area contributed by atoms with E-state index in [4.69, 9.17) is 5.73 Å². The Kier molecular flexibility index (Phi) is 4.20. The summed E-state index contributed by atoms with van der Waals surface area (Å²) in [5.41, 5.74) is 5.85. The van der Waals surface area contributed by atoms with E-state index in [2.05, 4.69) is 45.6 Å². The second-order valence-corrected chi connectivity index (χ2v) is 6.63. The molecule has 0 spiro atoms. The number of rotatable bonds is 4. The Hall–Kier alpha value is -4.55. The van der Waals surface area contributed by atoms with Crippen LogP contribution in [0.1, 0.15) is 18.8 Å². The fraction of sp³-hybridized carbons (Fsp3) is 0.111. The topological polar surface area (TPSA) is 166 Å². The molecule has 0 aliphatic carbocycles. The van der Waals surface area contributed by atoms with Crippen LogP contribution in [0.2, 0.25) is 0 Å². The zero-order chi connectivity index (χ0) is 21.5. The quantitative estimate of drug-likeness (QED) is 0.384. The molecule has 4 N–H and O–H groups in total. The van der Waals surface area contributed by atoms with Gasteiger partial charge in [0.25, 0.3) is 5.56 Å². The van der Waals surface area contributed by atoms with Crippen molar-refractivity contribution in [1.82, 2.24) is 44.9 Å². The van der Waals surface area contributed by atoms with Gasteiger partial charge >= 0.3 is 0 Å². The first kappa shape index (κ1) is 18.5. The van der Waals surface area contributed by atoms with Crippen molar-refractivity contribution in [2.75, 3.05) is 11.1 Å². The summed E-state index contributed by atoms with van der Waals surface area (Å²) in [4.78, 5) is 34.1. The van der Waals surface area contributed by atoms with Gasteiger partial charge in [-0.2, -0.15) is 10.3 Å². The van der Waals surface area contributed by atoms with Gasteiger partial charge in [-0.1, -0.05) is 6.07 Å². The normalized spacial score (nSPS) is 12.3. The van der Waals surface area contributed by atoms with Crippen molar-refractivity contribution < 1.29 is 4.39 Å². The molecule has 1 unspecified atom stereocenters. The minimum absolute atomic E-state index is 0.0509. The van der Waals surface area contributed by atoms with Gasteiger partial charge in [0.2, 0.25) is 5.65 Å². The number of hydrogen-bond acceptors (Lipinski definition) is 10. The van der Waals surface area contributed by atoms with Crippen LogP contribution >= 0.6 is 0 Å². The minimum Gasteiger partial charge on any atom is -0.382 e. The highest BCUT2D eigenvalue weighted by Crippen LogP contribution is 2.23. The minimum atomic E-state index is -0.620. The summed E-state index contributed by atoms with van der Waals surface area (Å²) in [5, 5.41) is 13.7. The van der Waals surface area contributed by atoms with Gasteiger partial charge in [-0.3, -0.25) is 4.79 Å². The molecule has 0 bridgehead atoms. The second-order valence-electron chi connectivity index (χ2n) is 6.63. The Balaban J connectivity index is 1.71. The monoisotopic (exact) mass is 419 g/mol. The number of hydrogen-bond donors (Lipinski definition) is 3. The fourth-order valence-electron chi connectivity index (χ4n) is 3.20. The largest absolute Gasteiger partial charge is 0.382 e. The average molecular weight is 419 g/mol. The van der Waals surface area contributed by atoms with Crippen molar-refractivity contribution in [3.8, 4) is 5.82 Å². The molecule has 0 radical (unpaired) electrons. The lowest BCUT2D eigenvalue weighted by Gasteiger charge is -2.19. The predicted molar refractivity (Wildman–Crippen MR) is 109 cm³/mol. The molecule has 5 rings (SSSR count). The van der Waals surface area contributed by atoms with Crippen LogP contribution in [-0.2, 0) is 0 Å². The van der Waals surface area contributed by atoms with Gasteiger partial charge in [-0.05, 0) is 19.1 Å². The Bertz CT molecular complexity index is 1480. The van der Waals surface area contributed by atoms with E-state index in [9.17, 15) is 9.18 Å². The Morgan fingerprint density at radius 2 is 2.00 bits per heavy atom. The van der Waals surface area contributed by atoms with E-state index in [1.165, 1.54) is 41.5 Å². The summed E-state index contributed by atoms with van der Waals surface area (Å²) < 4.78 is 15.7. The number of H-pyrrole nitrogens is 1. The first-order valence-corrected chi connectivity index (χ1v) is 9.10. The van der Waals surface area contributed by atoms with Crippen LogP contribution in [-0.4, -0.2) is 44.9 Å². The fourth-order valence-corrected chi connectivity index (χ4v) is 3.20. The molecule has 0 aliphatic rings. The van der Waals surface area contributed by atoms with Crippen molar-refractivity contribution in [3.63, 3.8) is 0 Å². The maximum Gasteiger partial charge on any atom is 0.267 e. The Morgan fingerprint density at radius 1 is 1.13 bits per heavy atom. The van der Waals surface area contributed by atoms with Crippen molar-refractivity contribution in [2.24, 2.45) is 0 Å². The molecule has 0 aliphatic heterocycles. The molecule has 4 heterocycles. The number of nitrogen functional groups attached to an aromatic ring is 1. The van der Waals surface area contributed by atoms with Crippen molar-refractivity contribution in [1.29, 1.82) is 0 Å². The Labute approximate surface area is 172 Å². The number of benzene rings is 1. The molecule has 5 aromatic rings. The number of para-hydroxylation sites is 1. The van der Waals surface area contributed by atoms with Crippen molar-refractivity contribution in [3.05, 3.63) is 58.9 Å². The molecule has 0 saturated heterocycles. The maximum absolute atomic E-state index is 14.5. The molecule has 1 atom stereocenters. The van der Waals surface area contributed by atoms with Gasteiger partial charge in [0, 0.05) is 0 Å². The molecule has 154 valence electrons. The molecule has 0 amide bonds. The van der Waals surface area contributed by atoms with E-state index in [1.807, 2.05) is 0 Å². The molecule has 4 aromatic heterocycles. The van der Waals surface area contributed by atoms with Crippen molar-refractivity contribution >= 4 is 33.7 Å². The summed E-state index contributed by atoms with van der Waals surface area (Å²) in [7, 11) is 0. The lowest BCUT2D eigenvalue weighted by molar-refractivity contribution is 0.631. The van der Waals surface area contributed by atoms with Crippen LogP contribution in [0.25, 0.3) is 27.9 Å². The lowest BCUT2D eigenvalue weighted by Crippen LogP contribution is -2.28. The van der Waals surface area contributed by atoms with Gasteiger partial charge in [0.1, 0.15) is 29.3 Å². The predicted octanol–water partition coefficient (Wildman–Crippen LogP) is 1.13. The highest BCUT2D eigenvalue weighted by Gasteiger charge is 2.22. The molecule has 0 saturated carbocycles. The number of fused-ring (bicyclic) bond motifs is 2. The van der Waals surface area contributed by atoms with Gasteiger partial charge in [-0.25, -0.2) is 33.9 Å². The van der Waals surface area contributed by atoms with E-state index in [1.54, 1.807) is 6.92 Å². The number of anilines is 2. The zero-order valence-electron chi connectivity index (χ0n) is 16.0. The van der Waals surface area contributed by atoms with E-state index in [0.717, 1.165) is 0 Å². The third kappa shape index (κ3) is 3.08. The molecule has 13 heteroatoms. The standard InChI is InChI=1S/C18H14FN11O/c1-8(25-15-14-16(24-7-23-15)28-29-27-14)17-26-13-9(3-2-4-10(13)19)18(31)30(17)12-6-21-11(20)5-22-12/h2-8H,1H3,(H2,20,21)(H2,23,24,25,27,28,29). The molecular weight excluding hydrogens is 405 g/mol. The highest BCUT2D eigenvalue weighted by molar-refractivity contribution is 5.81. The SMILES string of the molecule is CC(Nc1ncnc2n[nH]nc12)c1nc2c(F)cccc2c(=O)n1-c1cnc(N)cn1. The number of halogens is 1. The van der Waals surface area contributed by atoms with Crippen LogP contribution in [0, 0.1) is 5.82 Å². The van der Waals surface area contributed by atoms with E-state index < -0.39 is 17.4 Å². The van der Waals surface area contributed by atoms with Crippen molar-refractivity contribution in [2.45, 2.75) is 13.0 Å². The number of nitrogens with two attached hydrogens (primary N) is 1. The summed E-state index contributed by atoms with van der Waals surface area (Å²) >= 11 is 0. The van der Waals surface area contributed by atoms with Crippen LogP contribution in [0.4, 0.5) is 16.0 Å². The molecule has 12 nitrogen and oxygen atoms in total. The zero-order valence-corrected chi connectivity index (χ0v) is 16.0. The van der Waals surface area contributed by atoms with E-state index in [-0.39, 0.29) is 28.4 Å². The lowest BCUT2D eigenvalue weighted by atomic mass is 10.2. The molecular formula is C18H14FN11O. The van der Waals surface area contributed by atoms with Gasteiger partial charge in [0.15, 0.2) is 17.2 Å². The summed E-state index contributed by atoms with van der Waals surface area (Å²) in [6.45, 7) is 1.74. The first-order chi connectivity index (χ1) is 15.0. The van der Waals surface area contributed by atoms with Crippen LogP contribution in [0.15, 0.2) is 41.7 Å².